The second kappa shape index (κ2) is 11.2. The van der Waals surface area contributed by atoms with Gasteiger partial charge in [-0.2, -0.15) is 0 Å². The number of nitrogens with zero attached hydrogens (tertiary/aromatic N) is 1. The standard InChI is InChI=1S/C30H33N3O6/c1-35-24-10-9-17(30(34)33-22-8-6-5-7-21(22)31)13-20(24)19-11-12-32-23-16-25(39-28(19)23)18-14-26(36-2)29(38-4)27(15-18)37-3/h9-16,21-22H,5-8,31H2,1-4H3,(H,33,34)/t21-,22+/m0/s1. The Hall–Kier alpha value is -4.24. The van der Waals surface area contributed by atoms with Gasteiger partial charge in [0.15, 0.2) is 17.1 Å². The van der Waals surface area contributed by atoms with Gasteiger partial charge in [-0.3, -0.25) is 9.78 Å². The lowest BCUT2D eigenvalue weighted by Gasteiger charge is -2.29. The van der Waals surface area contributed by atoms with Gasteiger partial charge in [0.1, 0.15) is 17.0 Å². The molecule has 1 aliphatic carbocycles. The second-order valence-corrected chi connectivity index (χ2v) is 9.54. The first kappa shape index (κ1) is 26.4. The molecule has 3 N–H and O–H groups in total. The molecule has 9 nitrogen and oxygen atoms in total. The van der Waals surface area contributed by atoms with Crippen molar-refractivity contribution in [2.75, 3.05) is 28.4 Å². The summed E-state index contributed by atoms with van der Waals surface area (Å²) in [6.45, 7) is 0. The van der Waals surface area contributed by atoms with E-state index in [1.165, 1.54) is 0 Å². The molecule has 2 heterocycles. The molecule has 2 aromatic carbocycles. The number of ether oxygens (including phenoxy) is 4. The minimum atomic E-state index is -0.163. The Morgan fingerprint density at radius 3 is 2.28 bits per heavy atom. The fraction of sp³-hybridized carbons (Fsp3) is 0.333. The summed E-state index contributed by atoms with van der Waals surface area (Å²) in [6, 6.07) is 12.6. The molecular formula is C30H33N3O6. The van der Waals surface area contributed by atoms with Gasteiger partial charge < -0.3 is 34.4 Å². The average molecular weight is 532 g/mol. The minimum Gasteiger partial charge on any atom is -0.496 e. The summed E-state index contributed by atoms with van der Waals surface area (Å²) in [5.41, 5.74) is 10.2. The lowest BCUT2D eigenvalue weighted by molar-refractivity contribution is 0.0921. The molecule has 204 valence electrons. The molecule has 0 unspecified atom stereocenters. The number of pyridine rings is 1. The molecular weight excluding hydrogens is 498 g/mol. The molecule has 1 fully saturated rings. The fourth-order valence-electron chi connectivity index (χ4n) is 5.17. The lowest BCUT2D eigenvalue weighted by Crippen LogP contribution is -2.49. The van der Waals surface area contributed by atoms with Crippen molar-refractivity contribution < 1.29 is 28.2 Å². The van der Waals surface area contributed by atoms with Crippen LogP contribution in [0.1, 0.15) is 36.0 Å². The van der Waals surface area contributed by atoms with Crippen molar-refractivity contribution in [1.29, 1.82) is 0 Å². The average Bonchev–Trinajstić information content (AvgIpc) is 3.42. The van der Waals surface area contributed by atoms with Crippen molar-refractivity contribution in [1.82, 2.24) is 10.3 Å². The predicted octanol–water partition coefficient (Wildman–Crippen LogP) is 5.20. The van der Waals surface area contributed by atoms with Crippen LogP contribution in [0.2, 0.25) is 0 Å². The van der Waals surface area contributed by atoms with Crippen molar-refractivity contribution in [2.45, 2.75) is 37.8 Å². The zero-order chi connectivity index (χ0) is 27.5. The lowest BCUT2D eigenvalue weighted by atomic mass is 9.90. The van der Waals surface area contributed by atoms with Crippen LogP contribution < -0.4 is 30.0 Å². The number of carbonyl (C=O) groups excluding carboxylic acids is 1. The van der Waals surface area contributed by atoms with Gasteiger partial charge in [0, 0.05) is 46.6 Å². The summed E-state index contributed by atoms with van der Waals surface area (Å²) < 4.78 is 28.5. The molecule has 0 radical (unpaired) electrons. The van der Waals surface area contributed by atoms with E-state index in [0.29, 0.717) is 45.4 Å². The number of fused-ring (bicyclic) bond motifs is 1. The Kier molecular flexibility index (Phi) is 7.60. The second-order valence-electron chi connectivity index (χ2n) is 9.54. The molecule has 5 rings (SSSR count). The number of amides is 1. The van der Waals surface area contributed by atoms with Crippen molar-refractivity contribution in [3.05, 3.63) is 54.2 Å². The highest BCUT2D eigenvalue weighted by atomic mass is 16.5. The molecule has 2 aromatic heterocycles. The van der Waals surface area contributed by atoms with Crippen LogP contribution >= 0.6 is 0 Å². The number of rotatable bonds is 8. The van der Waals surface area contributed by atoms with Gasteiger partial charge in [0.05, 0.1) is 28.4 Å². The van der Waals surface area contributed by atoms with E-state index in [0.717, 1.165) is 42.4 Å². The van der Waals surface area contributed by atoms with E-state index in [4.69, 9.17) is 29.1 Å². The topological polar surface area (TPSA) is 118 Å². The Morgan fingerprint density at radius 1 is 0.897 bits per heavy atom. The van der Waals surface area contributed by atoms with E-state index in [-0.39, 0.29) is 18.0 Å². The highest BCUT2D eigenvalue weighted by molar-refractivity contribution is 5.99. The van der Waals surface area contributed by atoms with Gasteiger partial charge >= 0.3 is 0 Å². The third-order valence-corrected chi connectivity index (χ3v) is 7.25. The van der Waals surface area contributed by atoms with Crippen LogP contribution in [0.15, 0.2) is 53.1 Å². The maximum absolute atomic E-state index is 13.2. The zero-order valence-electron chi connectivity index (χ0n) is 22.6. The largest absolute Gasteiger partial charge is 0.496 e. The van der Waals surface area contributed by atoms with E-state index >= 15 is 0 Å². The van der Waals surface area contributed by atoms with Gasteiger partial charge in [-0.15, -0.1) is 0 Å². The normalized spacial score (nSPS) is 17.1. The van der Waals surface area contributed by atoms with Crippen LogP contribution in [0.3, 0.4) is 0 Å². The van der Waals surface area contributed by atoms with Crippen LogP contribution in [0.25, 0.3) is 33.6 Å². The summed E-state index contributed by atoms with van der Waals surface area (Å²) >= 11 is 0. The number of benzene rings is 2. The number of nitrogens with one attached hydrogen (secondary N) is 1. The first-order valence-corrected chi connectivity index (χ1v) is 12.9. The van der Waals surface area contributed by atoms with Gasteiger partial charge in [0.2, 0.25) is 5.75 Å². The Balaban J connectivity index is 1.55. The molecule has 1 saturated carbocycles. The molecule has 0 saturated heterocycles. The van der Waals surface area contributed by atoms with Gasteiger partial charge in [-0.05, 0) is 49.2 Å². The molecule has 39 heavy (non-hydrogen) atoms. The highest BCUT2D eigenvalue weighted by Gasteiger charge is 2.25. The molecule has 1 amide bonds. The number of carbonyl (C=O) groups is 1. The van der Waals surface area contributed by atoms with Crippen LogP contribution in [0.4, 0.5) is 0 Å². The summed E-state index contributed by atoms with van der Waals surface area (Å²) in [7, 11) is 6.29. The first-order chi connectivity index (χ1) is 19.0. The zero-order valence-corrected chi connectivity index (χ0v) is 22.6. The van der Waals surface area contributed by atoms with Crippen molar-refractivity contribution >= 4 is 17.0 Å². The Morgan fingerprint density at radius 2 is 1.62 bits per heavy atom. The van der Waals surface area contributed by atoms with Crippen LogP contribution in [0.5, 0.6) is 23.0 Å². The maximum Gasteiger partial charge on any atom is 0.251 e. The highest BCUT2D eigenvalue weighted by Crippen LogP contribution is 2.43. The number of aromatic nitrogens is 1. The van der Waals surface area contributed by atoms with Crippen molar-refractivity contribution in [2.24, 2.45) is 5.73 Å². The van der Waals surface area contributed by atoms with E-state index in [9.17, 15) is 4.79 Å². The maximum atomic E-state index is 13.2. The number of furan rings is 1. The molecule has 0 bridgehead atoms. The molecule has 9 heteroatoms. The quantitative estimate of drug-likeness (QED) is 0.319. The molecule has 0 spiro atoms. The van der Waals surface area contributed by atoms with E-state index in [2.05, 4.69) is 10.3 Å². The Bertz CT molecular complexity index is 1470. The van der Waals surface area contributed by atoms with E-state index in [1.54, 1.807) is 46.8 Å². The van der Waals surface area contributed by atoms with Crippen molar-refractivity contribution in [3.8, 4) is 45.4 Å². The first-order valence-electron chi connectivity index (χ1n) is 12.9. The summed E-state index contributed by atoms with van der Waals surface area (Å²) in [5.74, 6) is 2.54. The van der Waals surface area contributed by atoms with Gasteiger partial charge in [0.25, 0.3) is 5.91 Å². The van der Waals surface area contributed by atoms with Gasteiger partial charge in [-0.1, -0.05) is 12.8 Å². The summed E-state index contributed by atoms with van der Waals surface area (Å²) in [6.07, 6.45) is 5.67. The SMILES string of the molecule is COc1ccc(C(=O)N[C@@H]2CCCC[C@@H]2N)cc1-c1ccnc2cc(-c3cc(OC)c(OC)c(OC)c3)oc12. The van der Waals surface area contributed by atoms with E-state index < -0.39 is 0 Å². The fourth-order valence-corrected chi connectivity index (χ4v) is 5.17. The monoisotopic (exact) mass is 531 g/mol. The molecule has 4 aromatic rings. The Labute approximate surface area is 227 Å². The summed E-state index contributed by atoms with van der Waals surface area (Å²) in [5, 5.41) is 3.12. The van der Waals surface area contributed by atoms with Gasteiger partial charge in [-0.25, -0.2) is 0 Å². The van der Waals surface area contributed by atoms with Crippen LogP contribution in [-0.2, 0) is 0 Å². The molecule has 0 aliphatic heterocycles. The smallest absolute Gasteiger partial charge is 0.251 e. The summed E-state index contributed by atoms with van der Waals surface area (Å²) in [4.78, 5) is 17.7. The van der Waals surface area contributed by atoms with E-state index in [1.807, 2.05) is 30.3 Å². The number of hydrogen-bond acceptors (Lipinski definition) is 8. The minimum absolute atomic E-state index is 0.0306. The van der Waals surface area contributed by atoms with Crippen LogP contribution in [0, 0.1) is 0 Å². The molecule has 1 aliphatic rings. The van der Waals surface area contributed by atoms with Crippen LogP contribution in [-0.4, -0.2) is 51.4 Å². The molecule has 2 atom stereocenters. The third kappa shape index (κ3) is 5.09. The number of nitrogens with two attached hydrogens (primary N) is 1. The number of hydrogen-bond donors (Lipinski definition) is 2. The third-order valence-electron chi connectivity index (χ3n) is 7.25. The number of methoxy groups -OCH3 is 4. The van der Waals surface area contributed by atoms with Crippen molar-refractivity contribution in [3.63, 3.8) is 0 Å². The predicted molar refractivity (Wildman–Crippen MR) is 149 cm³/mol.